The molecule has 0 saturated heterocycles. The summed E-state index contributed by atoms with van der Waals surface area (Å²) in [5.74, 6) is -0.285. The lowest BCUT2D eigenvalue weighted by Gasteiger charge is -2.26. The minimum Gasteiger partial charge on any atom is -0.482 e. The molecule has 1 aliphatic heterocycles. The first-order valence-corrected chi connectivity index (χ1v) is 10.7. The number of allylic oxidation sites excluding steroid dienone is 1. The van der Waals surface area contributed by atoms with Gasteiger partial charge in [0.1, 0.15) is 28.9 Å². The molecular formula is C24H16BrN3O6. The largest absolute Gasteiger partial charge is 0.482 e. The van der Waals surface area contributed by atoms with E-state index in [4.69, 9.17) is 19.9 Å². The monoisotopic (exact) mass is 521 g/mol. The first-order valence-electron chi connectivity index (χ1n) is 9.90. The van der Waals surface area contributed by atoms with Gasteiger partial charge in [0.2, 0.25) is 5.88 Å². The summed E-state index contributed by atoms with van der Waals surface area (Å²) in [6.45, 7) is -0.300. The van der Waals surface area contributed by atoms with E-state index in [0.717, 1.165) is 4.47 Å². The third-order valence-corrected chi connectivity index (χ3v) is 5.56. The van der Waals surface area contributed by atoms with Gasteiger partial charge >= 0.3 is 5.97 Å². The van der Waals surface area contributed by atoms with E-state index in [9.17, 15) is 20.2 Å². The van der Waals surface area contributed by atoms with Gasteiger partial charge in [0, 0.05) is 28.2 Å². The number of hydrogen-bond donors (Lipinski definition) is 1. The van der Waals surface area contributed by atoms with Gasteiger partial charge in [-0.15, -0.1) is 0 Å². The van der Waals surface area contributed by atoms with E-state index in [1.165, 1.54) is 18.2 Å². The lowest BCUT2D eigenvalue weighted by molar-refractivity contribution is -0.384. The molecule has 1 atom stereocenters. The van der Waals surface area contributed by atoms with Crippen molar-refractivity contribution in [2.24, 2.45) is 5.73 Å². The highest BCUT2D eigenvalue weighted by atomic mass is 79.9. The number of rotatable bonds is 6. The second-order valence-corrected chi connectivity index (χ2v) is 8.11. The first kappa shape index (κ1) is 22.8. The van der Waals surface area contributed by atoms with Gasteiger partial charge in [0.05, 0.1) is 10.8 Å². The molecule has 0 bridgehead atoms. The molecule has 0 aromatic heterocycles. The Morgan fingerprint density at radius 1 is 1.12 bits per heavy atom. The van der Waals surface area contributed by atoms with E-state index >= 15 is 0 Å². The number of carbonyl (C=O) groups excluding carboxylic acids is 1. The molecule has 3 aromatic rings. The van der Waals surface area contributed by atoms with Crippen molar-refractivity contribution in [3.05, 3.63) is 104 Å². The summed E-state index contributed by atoms with van der Waals surface area (Å²) >= 11 is 3.32. The summed E-state index contributed by atoms with van der Waals surface area (Å²) in [4.78, 5) is 22.7. The van der Waals surface area contributed by atoms with Crippen molar-refractivity contribution in [1.82, 2.24) is 0 Å². The Balaban J connectivity index is 1.54. The molecule has 3 aromatic carbocycles. The minimum absolute atomic E-state index is 0.0703. The molecule has 0 saturated carbocycles. The van der Waals surface area contributed by atoms with Gasteiger partial charge in [-0.25, -0.2) is 4.79 Å². The Bertz CT molecular complexity index is 1330. The number of carbonyl (C=O) groups is 1. The van der Waals surface area contributed by atoms with E-state index in [0.29, 0.717) is 22.6 Å². The van der Waals surface area contributed by atoms with E-state index in [2.05, 4.69) is 22.0 Å². The first-order chi connectivity index (χ1) is 16.4. The number of benzene rings is 3. The Labute approximate surface area is 202 Å². The molecule has 1 unspecified atom stereocenters. The third-order valence-electron chi connectivity index (χ3n) is 5.03. The Morgan fingerprint density at radius 3 is 2.44 bits per heavy atom. The maximum atomic E-state index is 12.2. The number of hydrogen-bond acceptors (Lipinski definition) is 8. The normalized spacial score (nSPS) is 14.4. The summed E-state index contributed by atoms with van der Waals surface area (Å²) in [6.07, 6.45) is 0. The van der Waals surface area contributed by atoms with Crippen LogP contribution in [0.25, 0.3) is 0 Å². The van der Waals surface area contributed by atoms with Gasteiger partial charge in [0.15, 0.2) is 6.61 Å². The van der Waals surface area contributed by atoms with Crippen LogP contribution in [0.4, 0.5) is 5.69 Å². The summed E-state index contributed by atoms with van der Waals surface area (Å²) in [6, 6.07) is 19.6. The lowest BCUT2D eigenvalue weighted by atomic mass is 9.83. The molecule has 0 aliphatic carbocycles. The van der Waals surface area contributed by atoms with Crippen molar-refractivity contribution in [1.29, 1.82) is 5.26 Å². The fourth-order valence-electron chi connectivity index (χ4n) is 3.46. The van der Waals surface area contributed by atoms with Crippen molar-refractivity contribution in [2.45, 2.75) is 5.92 Å². The number of nitro benzene ring substituents is 1. The molecule has 0 amide bonds. The van der Waals surface area contributed by atoms with Crippen molar-refractivity contribution in [3.8, 4) is 23.3 Å². The van der Waals surface area contributed by atoms with Crippen LogP contribution in [0.15, 0.2) is 82.7 Å². The molecule has 1 aliphatic rings. The summed E-state index contributed by atoms with van der Waals surface area (Å²) < 4.78 is 17.3. The van der Waals surface area contributed by atoms with Crippen LogP contribution in [0, 0.1) is 21.4 Å². The van der Waals surface area contributed by atoms with Crippen molar-refractivity contribution < 1.29 is 23.9 Å². The van der Waals surface area contributed by atoms with Crippen LogP contribution >= 0.6 is 15.9 Å². The smallest absolute Gasteiger partial charge is 0.349 e. The van der Waals surface area contributed by atoms with Gasteiger partial charge in [-0.1, -0.05) is 34.1 Å². The number of non-ortho nitro benzene ring substituents is 1. The molecule has 34 heavy (non-hydrogen) atoms. The minimum atomic E-state index is -0.619. The standard InChI is InChI=1S/C24H16BrN3O6/c25-15-3-7-17(8-4-15)32-13-22(29)33-18-9-10-19-21(11-18)34-24(27)20(12-26)23(19)14-1-5-16(6-2-14)28(30)31/h1-11,23H,13,27H2. The van der Waals surface area contributed by atoms with Gasteiger partial charge in [0.25, 0.3) is 5.69 Å². The second kappa shape index (κ2) is 9.64. The molecule has 0 radical (unpaired) electrons. The average Bonchev–Trinajstić information content (AvgIpc) is 2.83. The highest BCUT2D eigenvalue weighted by molar-refractivity contribution is 9.10. The number of halogens is 1. The van der Waals surface area contributed by atoms with Crippen LogP contribution in [0.2, 0.25) is 0 Å². The van der Waals surface area contributed by atoms with Crippen LogP contribution in [-0.2, 0) is 4.79 Å². The number of esters is 1. The van der Waals surface area contributed by atoms with Crippen molar-refractivity contribution in [2.75, 3.05) is 6.61 Å². The van der Waals surface area contributed by atoms with E-state index in [1.54, 1.807) is 48.5 Å². The average molecular weight is 522 g/mol. The number of nitrogens with zero attached hydrogens (tertiary/aromatic N) is 2. The Hall–Kier alpha value is -4.36. The highest BCUT2D eigenvalue weighted by Crippen LogP contribution is 2.43. The molecule has 4 rings (SSSR count). The van der Waals surface area contributed by atoms with Crippen molar-refractivity contribution >= 4 is 27.6 Å². The number of nitro groups is 1. The van der Waals surface area contributed by atoms with Crippen LogP contribution < -0.4 is 19.9 Å². The van der Waals surface area contributed by atoms with Gasteiger partial charge in [-0.05, 0) is 35.9 Å². The Morgan fingerprint density at radius 2 is 1.79 bits per heavy atom. The predicted octanol–water partition coefficient (Wildman–Crippen LogP) is 4.56. The Kier molecular flexibility index (Phi) is 6.47. The molecular weight excluding hydrogens is 506 g/mol. The van der Waals surface area contributed by atoms with E-state index < -0.39 is 16.8 Å². The van der Waals surface area contributed by atoms with Gasteiger partial charge < -0.3 is 19.9 Å². The molecule has 170 valence electrons. The van der Waals surface area contributed by atoms with E-state index in [-0.39, 0.29) is 29.5 Å². The maximum absolute atomic E-state index is 12.2. The van der Waals surface area contributed by atoms with Crippen LogP contribution in [0.5, 0.6) is 17.2 Å². The van der Waals surface area contributed by atoms with Gasteiger partial charge in [-0.3, -0.25) is 10.1 Å². The van der Waals surface area contributed by atoms with Crippen LogP contribution in [-0.4, -0.2) is 17.5 Å². The predicted molar refractivity (Wildman–Crippen MR) is 124 cm³/mol. The summed E-state index contributed by atoms with van der Waals surface area (Å²) in [5.41, 5.74) is 7.31. The fourth-order valence-corrected chi connectivity index (χ4v) is 3.73. The van der Waals surface area contributed by atoms with Gasteiger partial charge in [-0.2, -0.15) is 5.26 Å². The zero-order valence-corrected chi connectivity index (χ0v) is 19.0. The lowest BCUT2D eigenvalue weighted by Crippen LogP contribution is -2.21. The molecule has 2 N–H and O–H groups in total. The molecule has 9 nitrogen and oxygen atoms in total. The quantitative estimate of drug-likeness (QED) is 0.215. The maximum Gasteiger partial charge on any atom is 0.349 e. The zero-order chi connectivity index (χ0) is 24.2. The van der Waals surface area contributed by atoms with Crippen LogP contribution in [0.1, 0.15) is 17.0 Å². The van der Waals surface area contributed by atoms with Crippen molar-refractivity contribution in [3.63, 3.8) is 0 Å². The van der Waals surface area contributed by atoms with Crippen LogP contribution in [0.3, 0.4) is 0 Å². The number of nitriles is 1. The molecule has 0 spiro atoms. The topological polar surface area (TPSA) is 138 Å². The number of nitrogens with two attached hydrogens (primary N) is 1. The fraction of sp³-hybridized carbons (Fsp3) is 0.0833. The molecule has 1 heterocycles. The molecule has 10 heteroatoms. The number of ether oxygens (including phenoxy) is 3. The zero-order valence-electron chi connectivity index (χ0n) is 17.4. The third kappa shape index (κ3) is 4.84. The number of fused-ring (bicyclic) bond motifs is 1. The van der Waals surface area contributed by atoms with E-state index in [1.807, 2.05) is 0 Å². The summed E-state index contributed by atoms with van der Waals surface area (Å²) in [5, 5.41) is 20.6. The summed E-state index contributed by atoms with van der Waals surface area (Å²) in [7, 11) is 0. The SMILES string of the molecule is N#CC1=C(N)Oc2cc(OC(=O)COc3ccc(Br)cc3)ccc2C1c1ccc([N+](=O)[O-])cc1. The molecule has 0 fully saturated rings. The highest BCUT2D eigenvalue weighted by Gasteiger charge is 2.31. The second-order valence-electron chi connectivity index (χ2n) is 7.19.